The summed E-state index contributed by atoms with van der Waals surface area (Å²) in [6.07, 6.45) is 57.6. The van der Waals surface area contributed by atoms with Crippen molar-refractivity contribution in [2.24, 2.45) is 0 Å². The first-order valence-corrected chi connectivity index (χ1v) is 25.9. The van der Waals surface area contributed by atoms with Crippen molar-refractivity contribution in [2.45, 2.75) is 284 Å². The number of carbonyl (C=O) groups excluding carboxylic acids is 2. The molecule has 0 heterocycles. The molecule has 0 aliphatic heterocycles. The first-order valence-electron chi connectivity index (χ1n) is 25.9. The number of esters is 2. The van der Waals surface area contributed by atoms with Crippen LogP contribution in [0.25, 0.3) is 0 Å². The topological polar surface area (TPSA) is 61.8 Å². The molecule has 0 spiro atoms. The van der Waals surface area contributed by atoms with E-state index in [1.807, 2.05) is 0 Å². The van der Waals surface area contributed by atoms with Crippen molar-refractivity contribution in [3.63, 3.8) is 0 Å². The third-order valence-electron chi connectivity index (χ3n) is 11.5. The summed E-state index contributed by atoms with van der Waals surface area (Å²) in [5.74, 6) is -0.393. The van der Waals surface area contributed by atoms with E-state index in [1.54, 1.807) is 0 Å². The van der Waals surface area contributed by atoms with Crippen molar-refractivity contribution < 1.29 is 23.8 Å². The fraction of sp³-hybridized carbons (Fsp3) is 0.887. The van der Waals surface area contributed by atoms with Crippen LogP contribution in [0.1, 0.15) is 278 Å². The Morgan fingerprint density at radius 2 is 0.672 bits per heavy atom. The minimum Gasteiger partial charge on any atom is -0.462 e. The molecule has 342 valence electrons. The molecule has 0 fully saturated rings. The molecule has 0 aliphatic rings. The number of unbranched alkanes of at least 4 members (excludes halogenated alkanes) is 33. The van der Waals surface area contributed by atoms with Gasteiger partial charge in [-0.15, -0.1) is 0 Å². The van der Waals surface area contributed by atoms with E-state index in [-0.39, 0.29) is 25.2 Å². The summed E-state index contributed by atoms with van der Waals surface area (Å²) in [7, 11) is 0. The Balaban J connectivity index is 4.16. The first-order chi connectivity index (χ1) is 28.6. The van der Waals surface area contributed by atoms with E-state index in [9.17, 15) is 9.59 Å². The average Bonchev–Trinajstić information content (AvgIpc) is 3.22. The Morgan fingerprint density at radius 3 is 1.05 bits per heavy atom. The number of carbonyl (C=O) groups is 2. The van der Waals surface area contributed by atoms with E-state index in [0.717, 1.165) is 38.5 Å². The van der Waals surface area contributed by atoms with Gasteiger partial charge in [-0.05, 0) is 70.6 Å². The van der Waals surface area contributed by atoms with Gasteiger partial charge in [-0.1, -0.05) is 218 Å². The number of allylic oxidation sites excluding steroid dienone is 4. The second kappa shape index (κ2) is 49.7. The van der Waals surface area contributed by atoms with E-state index >= 15 is 0 Å². The second-order valence-corrected chi connectivity index (χ2v) is 17.4. The highest BCUT2D eigenvalue weighted by molar-refractivity contribution is 5.70. The molecule has 0 bridgehead atoms. The van der Waals surface area contributed by atoms with Crippen LogP contribution in [0.2, 0.25) is 0 Å². The van der Waals surface area contributed by atoms with Gasteiger partial charge in [0, 0.05) is 19.4 Å². The van der Waals surface area contributed by atoms with E-state index in [4.69, 9.17) is 14.2 Å². The van der Waals surface area contributed by atoms with E-state index in [0.29, 0.717) is 19.4 Å². The lowest BCUT2D eigenvalue weighted by Gasteiger charge is -2.18. The first kappa shape index (κ1) is 56.4. The van der Waals surface area contributed by atoms with Gasteiger partial charge in [0.2, 0.25) is 0 Å². The minimum atomic E-state index is -0.533. The Kier molecular flexibility index (Phi) is 48.4. The van der Waals surface area contributed by atoms with Gasteiger partial charge in [-0.2, -0.15) is 0 Å². The molecule has 1 atom stereocenters. The van der Waals surface area contributed by atoms with Crippen LogP contribution < -0.4 is 0 Å². The molecule has 0 saturated heterocycles. The third kappa shape index (κ3) is 47.1. The van der Waals surface area contributed by atoms with Crippen LogP contribution >= 0.6 is 0 Å². The molecule has 0 aromatic carbocycles. The molecule has 0 saturated carbocycles. The van der Waals surface area contributed by atoms with Crippen molar-refractivity contribution in [2.75, 3.05) is 19.8 Å². The van der Waals surface area contributed by atoms with E-state index in [2.05, 4.69) is 45.1 Å². The van der Waals surface area contributed by atoms with Crippen LogP contribution in [0.15, 0.2) is 24.3 Å². The molecule has 0 radical (unpaired) electrons. The monoisotopic (exact) mass is 817 g/mol. The maximum Gasteiger partial charge on any atom is 0.306 e. The van der Waals surface area contributed by atoms with Crippen molar-refractivity contribution in [3.8, 4) is 0 Å². The number of rotatable bonds is 48. The van der Waals surface area contributed by atoms with Crippen LogP contribution in [-0.2, 0) is 23.8 Å². The summed E-state index contributed by atoms with van der Waals surface area (Å²) in [4.78, 5) is 25.3. The second-order valence-electron chi connectivity index (χ2n) is 17.4. The Hall–Kier alpha value is -1.62. The fourth-order valence-corrected chi connectivity index (χ4v) is 7.56. The van der Waals surface area contributed by atoms with Crippen molar-refractivity contribution in [3.05, 3.63) is 24.3 Å². The molecule has 0 aromatic rings. The smallest absolute Gasteiger partial charge is 0.306 e. The van der Waals surface area contributed by atoms with Gasteiger partial charge in [-0.25, -0.2) is 0 Å². The van der Waals surface area contributed by atoms with Gasteiger partial charge in [0.1, 0.15) is 6.61 Å². The summed E-state index contributed by atoms with van der Waals surface area (Å²) >= 11 is 0. The predicted molar refractivity (Wildman–Crippen MR) is 252 cm³/mol. The van der Waals surface area contributed by atoms with Crippen molar-refractivity contribution in [1.82, 2.24) is 0 Å². The average molecular weight is 817 g/mol. The normalized spacial score (nSPS) is 12.3. The molecular weight excluding hydrogens is 717 g/mol. The lowest BCUT2D eigenvalue weighted by Crippen LogP contribution is -2.30. The van der Waals surface area contributed by atoms with Gasteiger partial charge in [0.05, 0.1) is 6.61 Å². The lowest BCUT2D eigenvalue weighted by molar-refractivity contribution is -0.163. The molecule has 0 aromatic heterocycles. The molecule has 5 heteroatoms. The van der Waals surface area contributed by atoms with Crippen LogP contribution in [0.4, 0.5) is 0 Å². The standard InChI is InChI=1S/C53H100O5/c1-4-7-10-13-16-19-21-23-25-27-28-30-32-35-37-40-43-46-52(54)57-50-51(58-53(55)47-44-41-38-34-18-15-12-9-6-3)49-56-48-45-42-39-36-33-31-29-26-24-22-20-17-14-11-8-5-2/h23-26,51H,4-22,27-50H2,1-3H3/b25-23-,26-24-. The van der Waals surface area contributed by atoms with E-state index in [1.165, 1.54) is 205 Å². The summed E-state index contributed by atoms with van der Waals surface area (Å²) in [6, 6.07) is 0. The van der Waals surface area contributed by atoms with Crippen molar-refractivity contribution >= 4 is 11.9 Å². The third-order valence-corrected chi connectivity index (χ3v) is 11.5. The quantitative estimate of drug-likeness (QED) is 0.0348. The van der Waals surface area contributed by atoms with Crippen LogP contribution in [0.5, 0.6) is 0 Å². The largest absolute Gasteiger partial charge is 0.462 e. The zero-order valence-electron chi connectivity index (χ0n) is 39.3. The Labute approximate surface area is 362 Å². The Morgan fingerprint density at radius 1 is 0.362 bits per heavy atom. The number of hydrogen-bond acceptors (Lipinski definition) is 5. The van der Waals surface area contributed by atoms with Gasteiger partial charge < -0.3 is 14.2 Å². The molecule has 0 aliphatic carbocycles. The summed E-state index contributed by atoms with van der Waals surface area (Å²) in [5.41, 5.74) is 0. The van der Waals surface area contributed by atoms with Crippen LogP contribution in [-0.4, -0.2) is 37.9 Å². The van der Waals surface area contributed by atoms with Gasteiger partial charge in [0.25, 0.3) is 0 Å². The molecule has 1 unspecified atom stereocenters. The lowest BCUT2D eigenvalue weighted by atomic mass is 10.1. The zero-order valence-corrected chi connectivity index (χ0v) is 39.3. The molecule has 58 heavy (non-hydrogen) atoms. The molecular formula is C53H100O5. The number of hydrogen-bond donors (Lipinski definition) is 0. The number of ether oxygens (including phenoxy) is 3. The maximum absolute atomic E-state index is 12.7. The van der Waals surface area contributed by atoms with Crippen LogP contribution in [0, 0.1) is 0 Å². The van der Waals surface area contributed by atoms with E-state index < -0.39 is 6.10 Å². The Bertz CT molecular complexity index is 882. The van der Waals surface area contributed by atoms with Gasteiger partial charge >= 0.3 is 11.9 Å². The van der Waals surface area contributed by atoms with Gasteiger partial charge in [-0.3, -0.25) is 9.59 Å². The fourth-order valence-electron chi connectivity index (χ4n) is 7.56. The highest BCUT2D eigenvalue weighted by atomic mass is 16.6. The molecule has 0 rings (SSSR count). The molecule has 5 nitrogen and oxygen atoms in total. The minimum absolute atomic E-state index is 0.0865. The van der Waals surface area contributed by atoms with Crippen LogP contribution in [0.3, 0.4) is 0 Å². The summed E-state index contributed by atoms with van der Waals surface area (Å²) in [6.45, 7) is 7.83. The van der Waals surface area contributed by atoms with Gasteiger partial charge in [0.15, 0.2) is 6.10 Å². The SMILES string of the molecule is CCCCCCCC/C=C\CCCCCCCCCC(=O)OCC(COCCCCCCCC/C=C\CCCCCCCC)OC(=O)CCCCCCCCCCC. The van der Waals surface area contributed by atoms with Crippen molar-refractivity contribution in [1.29, 1.82) is 0 Å². The molecule has 0 amide bonds. The zero-order chi connectivity index (χ0) is 42.1. The maximum atomic E-state index is 12.7. The summed E-state index contributed by atoms with van der Waals surface area (Å²) < 4.78 is 17.4. The highest BCUT2D eigenvalue weighted by Gasteiger charge is 2.17. The highest BCUT2D eigenvalue weighted by Crippen LogP contribution is 2.15. The summed E-state index contributed by atoms with van der Waals surface area (Å²) in [5, 5.41) is 0. The predicted octanol–water partition coefficient (Wildman–Crippen LogP) is 17.2. The molecule has 0 N–H and O–H groups in total.